The van der Waals surface area contributed by atoms with Crippen LogP contribution in [0.3, 0.4) is 0 Å². The number of benzene rings is 1. The van der Waals surface area contributed by atoms with Crippen LogP contribution < -0.4 is 10.1 Å². The Kier molecular flexibility index (Phi) is 8.25. The van der Waals surface area contributed by atoms with Gasteiger partial charge in [0.05, 0.1) is 27.0 Å². The number of likely N-dealkylation sites (tertiary alicyclic amines) is 1. The van der Waals surface area contributed by atoms with Gasteiger partial charge in [0.25, 0.3) is 12.3 Å². The van der Waals surface area contributed by atoms with E-state index in [2.05, 4.69) is 15.3 Å². The molecule has 4 rings (SSSR count). The van der Waals surface area contributed by atoms with Crippen molar-refractivity contribution in [3.05, 3.63) is 74.7 Å². The summed E-state index contributed by atoms with van der Waals surface area (Å²) in [4.78, 5) is 23.1. The summed E-state index contributed by atoms with van der Waals surface area (Å²) >= 11 is 7.13. The lowest BCUT2D eigenvalue weighted by Gasteiger charge is -2.37. The third kappa shape index (κ3) is 6.12. The molecule has 1 fully saturated rings. The zero-order valence-corrected chi connectivity index (χ0v) is 20.5. The molecule has 1 N–H and O–H groups in total. The van der Waals surface area contributed by atoms with Crippen molar-refractivity contribution < 1.29 is 22.7 Å². The monoisotopic (exact) mass is 524 g/mol. The second-order valence-corrected chi connectivity index (χ2v) is 9.50. The summed E-state index contributed by atoms with van der Waals surface area (Å²) in [6.07, 6.45) is 0.264. The van der Waals surface area contributed by atoms with Gasteiger partial charge in [0, 0.05) is 37.6 Å². The molecule has 0 spiro atoms. The second-order valence-electron chi connectivity index (χ2n) is 8.21. The summed E-state index contributed by atoms with van der Waals surface area (Å²) in [6.45, 7) is 3.02. The quantitative estimate of drug-likeness (QED) is 0.416. The van der Waals surface area contributed by atoms with Gasteiger partial charge in [0.2, 0.25) is 0 Å². The standard InChI is InChI=1S/C24H24ClF3N4O2S/c1-14-11-16(5-8-29-14)34-15-6-9-32(10-7-15)19(22-21(23(27)28)31-13-35-22)12-30-24(33)20-17(25)3-2-4-18(20)26/h2-5,8,11,13,15,19,23H,6-7,9-10,12H2,1H3,(H,30,33). The Morgan fingerprint density at radius 3 is 2.74 bits per heavy atom. The highest BCUT2D eigenvalue weighted by Crippen LogP contribution is 2.35. The molecule has 35 heavy (non-hydrogen) atoms. The van der Waals surface area contributed by atoms with Crippen molar-refractivity contribution in [3.8, 4) is 5.75 Å². The van der Waals surface area contributed by atoms with Crippen molar-refractivity contribution in [3.63, 3.8) is 0 Å². The molecule has 0 aliphatic carbocycles. The molecule has 0 radical (unpaired) electrons. The lowest BCUT2D eigenvalue weighted by Crippen LogP contribution is -2.44. The number of nitrogens with zero attached hydrogens (tertiary/aromatic N) is 3. The van der Waals surface area contributed by atoms with Crippen molar-refractivity contribution in [1.29, 1.82) is 0 Å². The second kappa shape index (κ2) is 11.4. The van der Waals surface area contributed by atoms with Crippen LogP contribution in [0, 0.1) is 12.7 Å². The van der Waals surface area contributed by atoms with Crippen LogP contribution in [0.5, 0.6) is 5.75 Å². The number of piperidine rings is 1. The third-order valence-electron chi connectivity index (χ3n) is 5.87. The topological polar surface area (TPSA) is 67.3 Å². The fraction of sp³-hybridized carbons (Fsp3) is 0.375. The van der Waals surface area contributed by atoms with Gasteiger partial charge >= 0.3 is 0 Å². The lowest BCUT2D eigenvalue weighted by molar-refractivity contribution is 0.0702. The Morgan fingerprint density at radius 2 is 2.06 bits per heavy atom. The Morgan fingerprint density at radius 1 is 1.29 bits per heavy atom. The van der Waals surface area contributed by atoms with Crippen molar-refractivity contribution in [2.45, 2.75) is 38.3 Å². The average Bonchev–Trinajstić information content (AvgIpc) is 3.30. The van der Waals surface area contributed by atoms with Gasteiger partial charge in [-0.25, -0.2) is 18.2 Å². The van der Waals surface area contributed by atoms with Crippen molar-refractivity contribution in [2.75, 3.05) is 19.6 Å². The fourth-order valence-electron chi connectivity index (χ4n) is 4.15. The minimum atomic E-state index is -2.74. The highest BCUT2D eigenvalue weighted by Gasteiger charge is 2.32. The number of hydrogen-bond donors (Lipinski definition) is 1. The van der Waals surface area contributed by atoms with E-state index in [1.54, 1.807) is 12.3 Å². The number of carbonyl (C=O) groups excluding carboxylic acids is 1. The molecule has 3 aromatic rings. The van der Waals surface area contributed by atoms with E-state index in [-0.39, 0.29) is 28.9 Å². The Balaban J connectivity index is 1.47. The Labute approximate surface area is 210 Å². The van der Waals surface area contributed by atoms with E-state index in [1.807, 2.05) is 17.9 Å². The van der Waals surface area contributed by atoms with Crippen LogP contribution in [-0.2, 0) is 0 Å². The Hall–Kier alpha value is -2.69. The molecule has 1 aromatic carbocycles. The molecule has 0 bridgehead atoms. The predicted octanol–water partition coefficient (Wildman–Crippen LogP) is 5.59. The zero-order chi connectivity index (χ0) is 24.9. The number of rotatable bonds is 8. The highest BCUT2D eigenvalue weighted by molar-refractivity contribution is 7.09. The van der Waals surface area contributed by atoms with E-state index in [1.165, 1.54) is 17.6 Å². The molecular formula is C24H24ClF3N4O2S. The van der Waals surface area contributed by atoms with Crippen molar-refractivity contribution in [1.82, 2.24) is 20.2 Å². The van der Waals surface area contributed by atoms with Gasteiger partial charge in [-0.3, -0.25) is 14.7 Å². The maximum atomic E-state index is 14.2. The minimum Gasteiger partial charge on any atom is -0.490 e. The molecule has 2 aromatic heterocycles. The minimum absolute atomic E-state index is 0.000479. The molecule has 1 aliphatic rings. The predicted molar refractivity (Wildman–Crippen MR) is 128 cm³/mol. The zero-order valence-electron chi connectivity index (χ0n) is 18.9. The first kappa shape index (κ1) is 25.4. The maximum absolute atomic E-state index is 14.2. The lowest BCUT2D eigenvalue weighted by atomic mass is 10.0. The van der Waals surface area contributed by atoms with Crippen LogP contribution in [0.15, 0.2) is 42.0 Å². The molecule has 1 aliphatic heterocycles. The van der Waals surface area contributed by atoms with E-state index in [0.717, 1.165) is 28.8 Å². The van der Waals surface area contributed by atoms with E-state index in [0.29, 0.717) is 30.8 Å². The average molecular weight is 525 g/mol. The number of nitrogens with one attached hydrogen (secondary N) is 1. The van der Waals surface area contributed by atoms with Crippen LogP contribution >= 0.6 is 22.9 Å². The number of ether oxygens (including phenoxy) is 1. The molecule has 1 amide bonds. The summed E-state index contributed by atoms with van der Waals surface area (Å²) < 4.78 is 47.5. The summed E-state index contributed by atoms with van der Waals surface area (Å²) in [5, 5.41) is 2.66. The van der Waals surface area contributed by atoms with Crippen molar-refractivity contribution in [2.24, 2.45) is 0 Å². The van der Waals surface area contributed by atoms with Gasteiger partial charge in [-0.1, -0.05) is 17.7 Å². The summed E-state index contributed by atoms with van der Waals surface area (Å²) in [6, 6.07) is 7.09. The number of hydrogen-bond acceptors (Lipinski definition) is 6. The fourth-order valence-corrected chi connectivity index (χ4v) is 5.33. The number of aryl methyl sites for hydroxylation is 1. The molecule has 186 valence electrons. The number of pyridine rings is 1. The Bertz CT molecular complexity index is 1150. The molecule has 11 heteroatoms. The summed E-state index contributed by atoms with van der Waals surface area (Å²) in [7, 11) is 0. The van der Waals surface area contributed by atoms with Crippen LogP contribution in [-0.4, -0.2) is 46.5 Å². The SMILES string of the molecule is Cc1cc(OC2CCN(C(CNC(=O)c3c(F)cccc3Cl)c3scnc3C(F)F)CC2)ccn1. The largest absolute Gasteiger partial charge is 0.490 e. The highest BCUT2D eigenvalue weighted by atomic mass is 35.5. The molecule has 6 nitrogen and oxygen atoms in total. The number of thiazole rings is 1. The van der Waals surface area contributed by atoms with E-state index >= 15 is 0 Å². The van der Waals surface area contributed by atoms with Gasteiger partial charge < -0.3 is 10.1 Å². The van der Waals surface area contributed by atoms with Crippen LogP contribution in [0.25, 0.3) is 0 Å². The number of halogens is 4. The molecular weight excluding hydrogens is 501 g/mol. The number of amides is 1. The van der Waals surface area contributed by atoms with Gasteiger partial charge in [-0.15, -0.1) is 11.3 Å². The van der Waals surface area contributed by atoms with Gasteiger partial charge in [0.1, 0.15) is 23.4 Å². The molecule has 1 atom stereocenters. The maximum Gasteiger partial charge on any atom is 0.281 e. The van der Waals surface area contributed by atoms with E-state index < -0.39 is 24.2 Å². The van der Waals surface area contributed by atoms with Gasteiger partial charge in [-0.05, 0) is 38.0 Å². The number of aromatic nitrogens is 2. The number of alkyl halides is 2. The van der Waals surface area contributed by atoms with E-state index in [9.17, 15) is 18.0 Å². The first-order valence-electron chi connectivity index (χ1n) is 11.1. The first-order chi connectivity index (χ1) is 16.8. The molecule has 1 saturated heterocycles. The molecule has 1 unspecified atom stereocenters. The summed E-state index contributed by atoms with van der Waals surface area (Å²) in [5.74, 6) is -0.710. The third-order valence-corrected chi connectivity index (χ3v) is 7.13. The van der Waals surface area contributed by atoms with Crippen LogP contribution in [0.2, 0.25) is 5.02 Å². The normalized spacial score (nSPS) is 15.8. The smallest absolute Gasteiger partial charge is 0.281 e. The van der Waals surface area contributed by atoms with Crippen molar-refractivity contribution >= 4 is 28.8 Å². The van der Waals surface area contributed by atoms with Gasteiger partial charge in [0.15, 0.2) is 0 Å². The molecule has 0 saturated carbocycles. The summed E-state index contributed by atoms with van der Waals surface area (Å²) in [5.41, 5.74) is 1.66. The van der Waals surface area contributed by atoms with Gasteiger partial charge in [-0.2, -0.15) is 0 Å². The van der Waals surface area contributed by atoms with E-state index in [4.69, 9.17) is 16.3 Å². The molecule has 3 heterocycles. The van der Waals surface area contributed by atoms with Crippen LogP contribution in [0.4, 0.5) is 13.2 Å². The van der Waals surface area contributed by atoms with Crippen LogP contribution in [0.1, 0.15) is 51.9 Å². The number of carbonyl (C=O) groups is 1. The first-order valence-corrected chi connectivity index (χ1v) is 12.4.